The lowest BCUT2D eigenvalue weighted by Gasteiger charge is -2.14. The van der Waals surface area contributed by atoms with E-state index in [1.807, 2.05) is 0 Å². The van der Waals surface area contributed by atoms with Crippen LogP contribution in [0, 0.1) is 0 Å². The highest BCUT2D eigenvalue weighted by Crippen LogP contribution is 2.41. The van der Waals surface area contributed by atoms with Crippen LogP contribution in [0.25, 0.3) is 54.5 Å². The van der Waals surface area contributed by atoms with E-state index in [0.717, 1.165) is 6.54 Å². The van der Waals surface area contributed by atoms with E-state index >= 15 is 0 Å². The molecule has 0 spiro atoms. The normalized spacial score (nSPS) is 11.8. The molecule has 6 rings (SSSR count). The van der Waals surface area contributed by atoms with Crippen LogP contribution in [0.3, 0.4) is 0 Å². The van der Waals surface area contributed by atoms with Crippen molar-refractivity contribution in [1.29, 1.82) is 0 Å². The fourth-order valence-corrected chi connectivity index (χ4v) is 4.85. The minimum atomic E-state index is 0.947. The van der Waals surface area contributed by atoms with Crippen molar-refractivity contribution in [3.8, 4) is 11.1 Å². The molecule has 1 aromatic heterocycles. The van der Waals surface area contributed by atoms with Gasteiger partial charge < -0.3 is 4.57 Å². The van der Waals surface area contributed by atoms with Crippen molar-refractivity contribution in [1.82, 2.24) is 4.57 Å². The second-order valence-electron chi connectivity index (χ2n) is 7.69. The Balaban J connectivity index is 1.86. The quantitative estimate of drug-likeness (QED) is 0.293. The molecule has 0 bridgehead atoms. The molecule has 1 heterocycles. The maximum absolute atomic E-state index is 2.47. The maximum Gasteiger partial charge on any atom is 0.0577 e. The van der Waals surface area contributed by atoms with Crippen molar-refractivity contribution in [3.05, 3.63) is 97.1 Å². The van der Waals surface area contributed by atoms with Crippen molar-refractivity contribution in [2.45, 2.75) is 13.5 Å². The lowest BCUT2D eigenvalue weighted by atomic mass is 9.93. The van der Waals surface area contributed by atoms with Crippen molar-refractivity contribution in [3.63, 3.8) is 0 Å². The largest absolute Gasteiger partial charge is 0.340 e. The van der Waals surface area contributed by atoms with Crippen molar-refractivity contribution in [2.75, 3.05) is 0 Å². The third-order valence-corrected chi connectivity index (χ3v) is 6.13. The molecule has 29 heavy (non-hydrogen) atoms. The molecule has 0 aliphatic rings. The number of para-hydroxylation sites is 1. The summed E-state index contributed by atoms with van der Waals surface area (Å²) >= 11 is 0. The molecule has 0 N–H and O–H groups in total. The Morgan fingerprint density at radius 2 is 1.28 bits per heavy atom. The Labute approximate surface area is 169 Å². The molecule has 0 aliphatic heterocycles. The Morgan fingerprint density at radius 3 is 2.10 bits per heavy atom. The second kappa shape index (κ2) is 6.22. The second-order valence-corrected chi connectivity index (χ2v) is 7.69. The topological polar surface area (TPSA) is 4.93 Å². The zero-order valence-electron chi connectivity index (χ0n) is 16.4. The molecule has 0 saturated carbocycles. The van der Waals surface area contributed by atoms with Crippen LogP contribution in [0.15, 0.2) is 97.1 Å². The summed E-state index contributed by atoms with van der Waals surface area (Å²) in [5, 5.41) is 7.84. The minimum absolute atomic E-state index is 0.947. The van der Waals surface area contributed by atoms with Gasteiger partial charge in [-0.3, -0.25) is 0 Å². The highest BCUT2D eigenvalue weighted by molar-refractivity contribution is 6.20. The van der Waals surface area contributed by atoms with E-state index in [9.17, 15) is 0 Å². The predicted octanol–water partition coefficient (Wildman–Crippen LogP) is 7.79. The van der Waals surface area contributed by atoms with Gasteiger partial charge in [0.15, 0.2) is 0 Å². The number of benzene rings is 5. The lowest BCUT2D eigenvalue weighted by Crippen LogP contribution is -1.96. The van der Waals surface area contributed by atoms with Gasteiger partial charge in [-0.25, -0.2) is 0 Å². The predicted molar refractivity (Wildman–Crippen MR) is 126 cm³/mol. The third-order valence-electron chi connectivity index (χ3n) is 6.13. The van der Waals surface area contributed by atoms with Gasteiger partial charge >= 0.3 is 0 Å². The molecule has 0 fully saturated rings. The number of fused-ring (bicyclic) bond motifs is 5. The van der Waals surface area contributed by atoms with Gasteiger partial charge in [-0.15, -0.1) is 0 Å². The SMILES string of the molecule is CCn1c2ccccc2c2cc3ccccc3c(-c3ccc4ccccc4c3)c21. The summed E-state index contributed by atoms with van der Waals surface area (Å²) in [4.78, 5) is 0. The molecule has 0 saturated heterocycles. The first-order valence-corrected chi connectivity index (χ1v) is 10.3. The van der Waals surface area contributed by atoms with E-state index in [1.165, 1.54) is 54.5 Å². The molecule has 1 nitrogen and oxygen atoms in total. The zero-order chi connectivity index (χ0) is 19.4. The van der Waals surface area contributed by atoms with Gasteiger partial charge in [0.2, 0.25) is 0 Å². The molecule has 6 aromatic rings. The number of aryl methyl sites for hydroxylation is 1. The minimum Gasteiger partial charge on any atom is -0.340 e. The molecule has 0 radical (unpaired) electrons. The average molecular weight is 371 g/mol. The molecule has 0 unspecified atom stereocenters. The van der Waals surface area contributed by atoms with E-state index in [2.05, 4.69) is 109 Å². The number of nitrogens with zero attached hydrogens (tertiary/aromatic N) is 1. The van der Waals surface area contributed by atoms with E-state index in [-0.39, 0.29) is 0 Å². The first-order valence-electron chi connectivity index (χ1n) is 10.3. The van der Waals surface area contributed by atoms with Crippen molar-refractivity contribution >= 4 is 43.4 Å². The van der Waals surface area contributed by atoms with E-state index in [4.69, 9.17) is 0 Å². The molecule has 1 heteroatoms. The van der Waals surface area contributed by atoms with Crippen LogP contribution in [0.2, 0.25) is 0 Å². The standard InChI is InChI=1S/C28H21N/c1-2-29-26-14-8-7-13-24(26)25-18-21-11-5-6-12-23(21)27(28(25)29)22-16-15-19-9-3-4-10-20(19)17-22/h3-18H,2H2,1H3. The molecular formula is C28H21N. The summed E-state index contributed by atoms with van der Waals surface area (Å²) in [5.41, 5.74) is 5.26. The first kappa shape index (κ1) is 16.4. The third kappa shape index (κ3) is 2.34. The smallest absolute Gasteiger partial charge is 0.0577 e. The Kier molecular flexibility index (Phi) is 3.51. The molecule has 0 amide bonds. The average Bonchev–Trinajstić information content (AvgIpc) is 3.10. The van der Waals surface area contributed by atoms with Gasteiger partial charge in [0, 0.05) is 28.4 Å². The van der Waals surface area contributed by atoms with Crippen molar-refractivity contribution in [2.24, 2.45) is 0 Å². The van der Waals surface area contributed by atoms with Crippen LogP contribution in [-0.2, 0) is 6.54 Å². The van der Waals surface area contributed by atoms with E-state index in [1.54, 1.807) is 0 Å². The Morgan fingerprint density at radius 1 is 0.586 bits per heavy atom. The summed E-state index contributed by atoms with van der Waals surface area (Å²) < 4.78 is 2.47. The summed E-state index contributed by atoms with van der Waals surface area (Å²) in [6, 6.07) is 35.4. The van der Waals surface area contributed by atoms with Crippen LogP contribution in [0.4, 0.5) is 0 Å². The lowest BCUT2D eigenvalue weighted by molar-refractivity contribution is 0.828. The fraction of sp³-hybridized carbons (Fsp3) is 0.0714. The Hall–Kier alpha value is -3.58. The van der Waals surface area contributed by atoms with E-state index in [0.29, 0.717) is 0 Å². The highest BCUT2D eigenvalue weighted by atomic mass is 15.0. The molecular weight excluding hydrogens is 350 g/mol. The maximum atomic E-state index is 2.47. The van der Waals surface area contributed by atoms with Gasteiger partial charge in [-0.05, 0) is 52.2 Å². The zero-order valence-corrected chi connectivity index (χ0v) is 16.4. The van der Waals surface area contributed by atoms with Crippen molar-refractivity contribution < 1.29 is 0 Å². The van der Waals surface area contributed by atoms with Crippen LogP contribution in [-0.4, -0.2) is 4.57 Å². The molecule has 0 aliphatic carbocycles. The van der Waals surface area contributed by atoms with Gasteiger partial charge in [-0.1, -0.05) is 78.9 Å². The monoisotopic (exact) mass is 371 g/mol. The van der Waals surface area contributed by atoms with Crippen LogP contribution < -0.4 is 0 Å². The first-order chi connectivity index (χ1) is 14.3. The van der Waals surface area contributed by atoms with Crippen LogP contribution >= 0.6 is 0 Å². The number of aromatic nitrogens is 1. The van der Waals surface area contributed by atoms with Gasteiger partial charge in [-0.2, -0.15) is 0 Å². The van der Waals surface area contributed by atoms with Gasteiger partial charge in [0.25, 0.3) is 0 Å². The molecule has 0 atom stereocenters. The number of rotatable bonds is 2. The summed E-state index contributed by atoms with van der Waals surface area (Å²) in [6.07, 6.45) is 0. The summed E-state index contributed by atoms with van der Waals surface area (Å²) in [5.74, 6) is 0. The highest BCUT2D eigenvalue weighted by Gasteiger charge is 2.17. The molecule has 138 valence electrons. The van der Waals surface area contributed by atoms with Gasteiger partial charge in [0.05, 0.1) is 5.52 Å². The summed E-state index contributed by atoms with van der Waals surface area (Å²) in [7, 11) is 0. The van der Waals surface area contributed by atoms with Crippen LogP contribution in [0.5, 0.6) is 0 Å². The summed E-state index contributed by atoms with van der Waals surface area (Å²) in [6.45, 7) is 3.19. The van der Waals surface area contributed by atoms with Gasteiger partial charge in [0.1, 0.15) is 0 Å². The number of hydrogen-bond acceptors (Lipinski definition) is 0. The van der Waals surface area contributed by atoms with E-state index < -0.39 is 0 Å². The van der Waals surface area contributed by atoms with Crippen LogP contribution in [0.1, 0.15) is 6.92 Å². The number of hydrogen-bond donors (Lipinski definition) is 0. The Bertz CT molecular complexity index is 1530. The molecule has 5 aromatic carbocycles. The fourth-order valence-electron chi connectivity index (χ4n) is 4.85.